The summed E-state index contributed by atoms with van der Waals surface area (Å²) in [6.07, 6.45) is 1.17. The van der Waals surface area contributed by atoms with Crippen molar-refractivity contribution in [1.29, 1.82) is 0 Å². The predicted molar refractivity (Wildman–Crippen MR) is 73.4 cm³/mol. The molecule has 1 amide bonds. The Bertz CT molecular complexity index is 538. The second-order valence-corrected chi connectivity index (χ2v) is 5.20. The third-order valence-electron chi connectivity index (χ3n) is 3.82. The molecule has 0 spiro atoms. The van der Waals surface area contributed by atoms with Gasteiger partial charge in [0.25, 0.3) is 5.91 Å². The average Bonchev–Trinajstić information content (AvgIpc) is 2.48. The van der Waals surface area contributed by atoms with Crippen LogP contribution in [0.15, 0.2) is 18.2 Å². The smallest absolute Gasteiger partial charge is 0.308 e. The van der Waals surface area contributed by atoms with Crippen molar-refractivity contribution in [3.8, 4) is 0 Å². The van der Waals surface area contributed by atoms with Crippen LogP contribution in [0, 0.1) is 23.5 Å². The molecule has 120 valence electrons. The number of benzene rings is 1. The Morgan fingerprint density at radius 3 is 2.41 bits per heavy atom. The fourth-order valence-electron chi connectivity index (χ4n) is 2.58. The molecule has 0 bridgehead atoms. The zero-order valence-electron chi connectivity index (χ0n) is 11.9. The van der Waals surface area contributed by atoms with Crippen molar-refractivity contribution in [1.82, 2.24) is 5.32 Å². The van der Waals surface area contributed by atoms with Crippen LogP contribution in [0.3, 0.4) is 0 Å². The molecule has 1 aromatic rings. The standard InChI is InChI=1S/C15H17F2NO4/c16-11-2-1-3-12(17)13(11)14(19)18-8-10(15(20)21)9-4-6-22-7-5-9/h1-3,9-10H,4-8H2,(H,18,19)(H,20,21). The van der Waals surface area contributed by atoms with Crippen molar-refractivity contribution < 1.29 is 28.2 Å². The second kappa shape index (κ2) is 7.31. The molecule has 1 saturated heterocycles. The van der Waals surface area contributed by atoms with Crippen molar-refractivity contribution in [3.05, 3.63) is 35.4 Å². The number of nitrogens with one attached hydrogen (secondary N) is 1. The number of amides is 1. The summed E-state index contributed by atoms with van der Waals surface area (Å²) < 4.78 is 32.2. The van der Waals surface area contributed by atoms with Crippen molar-refractivity contribution in [2.45, 2.75) is 12.8 Å². The lowest BCUT2D eigenvalue weighted by atomic mass is 9.86. The van der Waals surface area contributed by atoms with Crippen LogP contribution < -0.4 is 5.32 Å². The number of hydrogen-bond donors (Lipinski definition) is 2. The van der Waals surface area contributed by atoms with Crippen LogP contribution >= 0.6 is 0 Å². The minimum Gasteiger partial charge on any atom is -0.481 e. The Balaban J connectivity index is 2.03. The molecule has 1 atom stereocenters. The summed E-state index contributed by atoms with van der Waals surface area (Å²) in [5.41, 5.74) is -0.696. The lowest BCUT2D eigenvalue weighted by Gasteiger charge is -2.27. The first-order valence-electron chi connectivity index (χ1n) is 7.03. The fourth-order valence-corrected chi connectivity index (χ4v) is 2.58. The first-order chi connectivity index (χ1) is 10.5. The number of carbonyl (C=O) groups is 2. The van der Waals surface area contributed by atoms with E-state index in [4.69, 9.17) is 4.74 Å². The van der Waals surface area contributed by atoms with E-state index in [2.05, 4.69) is 5.32 Å². The fraction of sp³-hybridized carbons (Fsp3) is 0.467. The summed E-state index contributed by atoms with van der Waals surface area (Å²) in [6, 6.07) is 3.11. The Hall–Kier alpha value is -2.02. The third-order valence-corrected chi connectivity index (χ3v) is 3.82. The van der Waals surface area contributed by atoms with Crippen LogP contribution in [0.2, 0.25) is 0 Å². The summed E-state index contributed by atoms with van der Waals surface area (Å²) in [6.45, 7) is 0.779. The molecular weight excluding hydrogens is 296 g/mol. The minimum absolute atomic E-state index is 0.128. The summed E-state index contributed by atoms with van der Waals surface area (Å²) in [5.74, 6) is -4.87. The number of carboxylic acids is 1. The van der Waals surface area contributed by atoms with Crippen LogP contribution in [0.25, 0.3) is 0 Å². The number of rotatable bonds is 5. The van der Waals surface area contributed by atoms with E-state index in [0.29, 0.717) is 26.1 Å². The lowest BCUT2D eigenvalue weighted by molar-refractivity contribution is -0.144. The maximum atomic E-state index is 13.5. The van der Waals surface area contributed by atoms with Gasteiger partial charge in [-0.25, -0.2) is 8.78 Å². The van der Waals surface area contributed by atoms with Crippen LogP contribution in [0.5, 0.6) is 0 Å². The molecule has 2 rings (SSSR count). The topological polar surface area (TPSA) is 75.6 Å². The molecule has 0 aromatic heterocycles. The Kier molecular flexibility index (Phi) is 5.43. The van der Waals surface area contributed by atoms with E-state index in [1.54, 1.807) is 0 Å². The van der Waals surface area contributed by atoms with Gasteiger partial charge < -0.3 is 15.2 Å². The summed E-state index contributed by atoms with van der Waals surface area (Å²) in [4.78, 5) is 23.2. The highest BCUT2D eigenvalue weighted by atomic mass is 19.1. The van der Waals surface area contributed by atoms with Gasteiger partial charge in [0.2, 0.25) is 0 Å². The van der Waals surface area contributed by atoms with Crippen molar-refractivity contribution in [3.63, 3.8) is 0 Å². The van der Waals surface area contributed by atoms with E-state index in [9.17, 15) is 23.5 Å². The molecule has 1 aliphatic heterocycles. The number of ether oxygens (including phenoxy) is 1. The number of carboxylic acid groups (broad SMARTS) is 1. The normalized spacial score (nSPS) is 17.0. The van der Waals surface area contributed by atoms with Crippen LogP contribution in [-0.4, -0.2) is 36.7 Å². The van der Waals surface area contributed by atoms with E-state index in [0.717, 1.165) is 18.2 Å². The first-order valence-corrected chi connectivity index (χ1v) is 7.03. The Morgan fingerprint density at radius 2 is 1.86 bits per heavy atom. The van der Waals surface area contributed by atoms with Gasteiger partial charge in [0, 0.05) is 19.8 Å². The van der Waals surface area contributed by atoms with Gasteiger partial charge >= 0.3 is 5.97 Å². The molecule has 0 aliphatic carbocycles. The van der Waals surface area contributed by atoms with Gasteiger partial charge in [-0.3, -0.25) is 9.59 Å². The second-order valence-electron chi connectivity index (χ2n) is 5.20. The zero-order valence-corrected chi connectivity index (χ0v) is 11.9. The minimum atomic E-state index is -1.04. The largest absolute Gasteiger partial charge is 0.481 e. The van der Waals surface area contributed by atoms with Gasteiger partial charge in [-0.1, -0.05) is 6.07 Å². The maximum absolute atomic E-state index is 13.5. The van der Waals surface area contributed by atoms with Gasteiger partial charge in [0.15, 0.2) is 0 Å². The molecule has 22 heavy (non-hydrogen) atoms. The first kappa shape index (κ1) is 16.4. The number of halogens is 2. The molecule has 0 radical (unpaired) electrons. The molecule has 1 fully saturated rings. The molecule has 5 nitrogen and oxygen atoms in total. The van der Waals surface area contributed by atoms with E-state index >= 15 is 0 Å². The highest BCUT2D eigenvalue weighted by molar-refractivity contribution is 5.94. The number of aliphatic carboxylic acids is 1. The molecular formula is C15H17F2NO4. The van der Waals surface area contributed by atoms with Crippen molar-refractivity contribution in [2.24, 2.45) is 11.8 Å². The van der Waals surface area contributed by atoms with Gasteiger partial charge in [0.05, 0.1) is 5.92 Å². The average molecular weight is 313 g/mol. The van der Waals surface area contributed by atoms with Crippen LogP contribution in [0.4, 0.5) is 8.78 Å². The highest BCUT2D eigenvalue weighted by Crippen LogP contribution is 2.24. The molecule has 1 unspecified atom stereocenters. The SMILES string of the molecule is O=C(NCC(C(=O)O)C1CCOCC1)c1c(F)cccc1F. The van der Waals surface area contributed by atoms with Crippen LogP contribution in [-0.2, 0) is 9.53 Å². The van der Waals surface area contributed by atoms with E-state index in [1.165, 1.54) is 0 Å². The Morgan fingerprint density at radius 1 is 1.27 bits per heavy atom. The molecule has 1 aromatic carbocycles. The van der Waals surface area contributed by atoms with Crippen molar-refractivity contribution >= 4 is 11.9 Å². The monoisotopic (exact) mass is 313 g/mol. The molecule has 1 aliphatic rings. The van der Waals surface area contributed by atoms with E-state index in [-0.39, 0.29) is 12.5 Å². The molecule has 2 N–H and O–H groups in total. The number of hydrogen-bond acceptors (Lipinski definition) is 3. The third kappa shape index (κ3) is 3.79. The van der Waals surface area contributed by atoms with E-state index in [1.807, 2.05) is 0 Å². The van der Waals surface area contributed by atoms with Gasteiger partial charge in [-0.2, -0.15) is 0 Å². The van der Waals surface area contributed by atoms with Gasteiger partial charge in [-0.15, -0.1) is 0 Å². The summed E-state index contributed by atoms with van der Waals surface area (Å²) in [7, 11) is 0. The van der Waals surface area contributed by atoms with Gasteiger partial charge in [0.1, 0.15) is 17.2 Å². The number of carbonyl (C=O) groups excluding carboxylic acids is 1. The zero-order chi connectivity index (χ0) is 16.1. The van der Waals surface area contributed by atoms with Crippen molar-refractivity contribution in [2.75, 3.05) is 19.8 Å². The van der Waals surface area contributed by atoms with Gasteiger partial charge in [-0.05, 0) is 30.9 Å². The summed E-state index contributed by atoms with van der Waals surface area (Å²) in [5, 5.41) is 11.6. The summed E-state index contributed by atoms with van der Waals surface area (Å²) >= 11 is 0. The molecule has 7 heteroatoms. The quantitative estimate of drug-likeness (QED) is 0.869. The predicted octanol–water partition coefficient (Wildman–Crippen LogP) is 1.82. The lowest BCUT2D eigenvalue weighted by Crippen LogP contribution is -2.39. The molecule has 0 saturated carbocycles. The van der Waals surface area contributed by atoms with E-state index < -0.39 is 35.0 Å². The van der Waals surface area contributed by atoms with Crippen LogP contribution in [0.1, 0.15) is 23.2 Å². The maximum Gasteiger partial charge on any atom is 0.308 e. The molecule has 1 heterocycles. The highest BCUT2D eigenvalue weighted by Gasteiger charge is 2.30. The Labute approximate surface area is 126 Å².